The molecule has 0 N–H and O–H groups in total. The van der Waals surface area contributed by atoms with E-state index in [4.69, 9.17) is 0 Å². The predicted molar refractivity (Wildman–Crippen MR) is 103 cm³/mol. The molecule has 0 spiro atoms. The summed E-state index contributed by atoms with van der Waals surface area (Å²) in [4.78, 5) is 18.2. The Bertz CT molecular complexity index is 892. The molecule has 0 aromatic carbocycles. The number of pyridine rings is 1. The van der Waals surface area contributed by atoms with Gasteiger partial charge in [-0.15, -0.1) is 10.2 Å². The van der Waals surface area contributed by atoms with Crippen molar-refractivity contribution in [2.75, 3.05) is 38.2 Å². The summed E-state index contributed by atoms with van der Waals surface area (Å²) in [7, 11) is -3.20. The zero-order valence-corrected chi connectivity index (χ0v) is 16.9. The van der Waals surface area contributed by atoms with Gasteiger partial charge in [-0.05, 0) is 19.1 Å². The second-order valence-corrected chi connectivity index (χ2v) is 9.04. The first-order valence-electron chi connectivity index (χ1n) is 8.59. The van der Waals surface area contributed by atoms with Crippen LogP contribution in [0.4, 0.5) is 0 Å². The maximum atomic E-state index is 12.5. The van der Waals surface area contributed by atoms with E-state index in [2.05, 4.69) is 15.2 Å². The summed E-state index contributed by atoms with van der Waals surface area (Å²) in [6.45, 7) is 4.20. The van der Waals surface area contributed by atoms with Crippen LogP contribution in [0.25, 0.3) is 11.4 Å². The second kappa shape index (κ2) is 8.36. The van der Waals surface area contributed by atoms with Gasteiger partial charge < -0.3 is 9.47 Å². The van der Waals surface area contributed by atoms with E-state index < -0.39 is 10.0 Å². The second-order valence-electron chi connectivity index (χ2n) is 6.12. The number of carbonyl (C=O) groups excluding carboxylic acids is 1. The number of hydrogen-bond acceptors (Lipinski definition) is 7. The van der Waals surface area contributed by atoms with Gasteiger partial charge in [0.2, 0.25) is 15.9 Å². The molecule has 0 bridgehead atoms. The third-order valence-corrected chi connectivity index (χ3v) is 6.61. The lowest BCUT2D eigenvalue weighted by molar-refractivity contribution is -0.129. The minimum Gasteiger partial charge on any atom is -0.339 e. The predicted octanol–water partition coefficient (Wildman–Crippen LogP) is 0.556. The molecule has 1 fully saturated rings. The molecule has 0 unspecified atom stereocenters. The monoisotopic (exact) mass is 410 g/mol. The fourth-order valence-corrected chi connectivity index (χ4v) is 4.61. The van der Waals surface area contributed by atoms with E-state index in [9.17, 15) is 13.2 Å². The highest BCUT2D eigenvalue weighted by Crippen LogP contribution is 2.24. The Morgan fingerprint density at radius 3 is 2.41 bits per heavy atom. The van der Waals surface area contributed by atoms with Crippen molar-refractivity contribution in [2.45, 2.75) is 18.6 Å². The number of aromatic nitrogens is 4. The summed E-state index contributed by atoms with van der Waals surface area (Å²) >= 11 is 1.35. The smallest absolute Gasteiger partial charge is 0.233 e. The zero-order chi connectivity index (χ0) is 19.4. The van der Waals surface area contributed by atoms with Gasteiger partial charge in [-0.2, -0.15) is 4.31 Å². The lowest BCUT2D eigenvalue weighted by atomic mass is 10.2. The van der Waals surface area contributed by atoms with Crippen molar-refractivity contribution in [3.8, 4) is 11.4 Å². The van der Waals surface area contributed by atoms with Crippen molar-refractivity contribution in [3.63, 3.8) is 0 Å². The first-order chi connectivity index (χ1) is 12.9. The first kappa shape index (κ1) is 19.8. The van der Waals surface area contributed by atoms with Crippen LogP contribution in [0, 0.1) is 0 Å². The van der Waals surface area contributed by atoms with Crippen LogP contribution >= 0.6 is 11.8 Å². The number of hydrogen-bond donors (Lipinski definition) is 0. The van der Waals surface area contributed by atoms with Crippen LogP contribution in [0.1, 0.15) is 6.92 Å². The number of rotatable bonds is 6. The molecule has 1 saturated heterocycles. The van der Waals surface area contributed by atoms with Gasteiger partial charge in [0.05, 0.1) is 12.0 Å². The summed E-state index contributed by atoms with van der Waals surface area (Å²) in [5.74, 6) is 0.966. The van der Waals surface area contributed by atoms with Crippen molar-refractivity contribution in [2.24, 2.45) is 0 Å². The molecule has 0 aliphatic carbocycles. The average Bonchev–Trinajstić information content (AvgIpc) is 3.09. The number of carbonyl (C=O) groups is 1. The molecule has 3 rings (SSSR count). The van der Waals surface area contributed by atoms with E-state index in [1.165, 1.54) is 22.3 Å². The molecule has 2 aromatic rings. The van der Waals surface area contributed by atoms with Crippen LogP contribution in [-0.2, 0) is 21.4 Å². The first-order valence-corrected chi connectivity index (χ1v) is 11.4. The van der Waals surface area contributed by atoms with Crippen LogP contribution in [0.5, 0.6) is 0 Å². The molecule has 146 valence electrons. The van der Waals surface area contributed by atoms with E-state index in [-0.39, 0.29) is 11.7 Å². The Hall–Kier alpha value is -1.98. The van der Waals surface area contributed by atoms with Gasteiger partial charge in [0, 0.05) is 50.7 Å². The molecule has 0 saturated carbocycles. The lowest BCUT2D eigenvalue weighted by Gasteiger charge is -2.33. The molecule has 9 nitrogen and oxygen atoms in total. The molecule has 1 aliphatic rings. The number of amides is 1. The van der Waals surface area contributed by atoms with E-state index in [0.29, 0.717) is 37.9 Å². The molecular formula is C16H22N6O3S2. The Labute approximate surface area is 162 Å². The van der Waals surface area contributed by atoms with Crippen LogP contribution in [0.2, 0.25) is 0 Å². The third-order valence-electron chi connectivity index (χ3n) is 4.36. The highest BCUT2D eigenvalue weighted by Gasteiger charge is 2.26. The molecule has 11 heteroatoms. The van der Waals surface area contributed by atoms with Crippen molar-refractivity contribution < 1.29 is 13.2 Å². The van der Waals surface area contributed by atoms with Gasteiger partial charge in [-0.3, -0.25) is 9.78 Å². The molecule has 1 amide bonds. The largest absolute Gasteiger partial charge is 0.339 e. The number of nitrogens with zero attached hydrogens (tertiary/aromatic N) is 6. The fourth-order valence-electron chi connectivity index (χ4n) is 2.88. The Morgan fingerprint density at radius 1 is 1.15 bits per heavy atom. The normalized spacial score (nSPS) is 15.9. The average molecular weight is 411 g/mol. The van der Waals surface area contributed by atoms with Crippen LogP contribution < -0.4 is 0 Å². The van der Waals surface area contributed by atoms with Crippen molar-refractivity contribution in [1.29, 1.82) is 0 Å². The molecule has 27 heavy (non-hydrogen) atoms. The van der Waals surface area contributed by atoms with E-state index in [1.54, 1.807) is 17.3 Å². The summed E-state index contributed by atoms with van der Waals surface area (Å²) in [6.07, 6.45) is 4.60. The summed E-state index contributed by atoms with van der Waals surface area (Å²) in [5.41, 5.74) is 0.925. The van der Waals surface area contributed by atoms with Crippen molar-refractivity contribution in [3.05, 3.63) is 24.5 Å². The van der Waals surface area contributed by atoms with Crippen LogP contribution in [-0.4, -0.2) is 81.5 Å². The van der Waals surface area contributed by atoms with E-state index in [1.807, 2.05) is 23.6 Å². The molecular weight excluding hydrogens is 388 g/mol. The Balaban J connectivity index is 1.61. The van der Waals surface area contributed by atoms with Gasteiger partial charge in [-0.25, -0.2) is 8.42 Å². The molecule has 2 aromatic heterocycles. The van der Waals surface area contributed by atoms with Gasteiger partial charge >= 0.3 is 0 Å². The number of thioether (sulfide) groups is 1. The number of sulfonamides is 1. The standard InChI is InChI=1S/C16H22N6O3S2/c1-3-22-15(13-4-6-17-7-5-13)18-19-16(22)26-12-14(23)20-8-10-21(11-9-20)27(2,24)25/h4-7H,3,8-12H2,1-2H3. The van der Waals surface area contributed by atoms with Crippen LogP contribution in [0.15, 0.2) is 29.7 Å². The van der Waals surface area contributed by atoms with E-state index >= 15 is 0 Å². The van der Waals surface area contributed by atoms with Gasteiger partial charge in [-0.1, -0.05) is 11.8 Å². The lowest BCUT2D eigenvalue weighted by Crippen LogP contribution is -2.50. The topological polar surface area (TPSA) is 101 Å². The summed E-state index contributed by atoms with van der Waals surface area (Å²) in [5, 5.41) is 9.16. The van der Waals surface area contributed by atoms with Gasteiger partial charge in [0.25, 0.3) is 0 Å². The molecule has 0 radical (unpaired) electrons. The molecule has 1 aliphatic heterocycles. The maximum absolute atomic E-state index is 12.5. The minimum absolute atomic E-state index is 0.0238. The molecule has 3 heterocycles. The Morgan fingerprint density at radius 2 is 1.81 bits per heavy atom. The summed E-state index contributed by atoms with van der Waals surface area (Å²) in [6, 6.07) is 3.74. The van der Waals surface area contributed by atoms with Crippen molar-refractivity contribution in [1.82, 2.24) is 29.0 Å². The van der Waals surface area contributed by atoms with Crippen LogP contribution in [0.3, 0.4) is 0 Å². The minimum atomic E-state index is -3.20. The third kappa shape index (κ3) is 4.66. The van der Waals surface area contributed by atoms with E-state index in [0.717, 1.165) is 11.4 Å². The zero-order valence-electron chi connectivity index (χ0n) is 15.3. The highest BCUT2D eigenvalue weighted by atomic mass is 32.2. The molecule has 0 atom stereocenters. The Kier molecular flexibility index (Phi) is 6.12. The summed E-state index contributed by atoms with van der Waals surface area (Å²) < 4.78 is 26.5. The SMILES string of the molecule is CCn1c(SCC(=O)N2CCN(S(C)(=O)=O)CC2)nnc1-c1ccncc1. The van der Waals surface area contributed by atoms with Gasteiger partial charge in [0.15, 0.2) is 11.0 Å². The highest BCUT2D eigenvalue weighted by molar-refractivity contribution is 7.99. The van der Waals surface area contributed by atoms with Gasteiger partial charge in [0.1, 0.15) is 0 Å². The number of piperazine rings is 1. The maximum Gasteiger partial charge on any atom is 0.233 e. The quantitative estimate of drug-likeness (QED) is 0.641. The van der Waals surface area contributed by atoms with Crippen molar-refractivity contribution >= 4 is 27.7 Å². The fraction of sp³-hybridized carbons (Fsp3) is 0.500.